The standard InChI is InChI=1S/C13H17N3O2/c1-9-4-11(16(17)18)2-3-12(9)15-10-5-13(6-10)7-14-8-13/h2-4,10,14-15H,5-8H2,1H3. The van der Waals surface area contributed by atoms with Crippen LogP contribution in [0.2, 0.25) is 0 Å². The Morgan fingerprint density at radius 3 is 2.67 bits per heavy atom. The summed E-state index contributed by atoms with van der Waals surface area (Å²) in [5.74, 6) is 0. The third kappa shape index (κ3) is 1.84. The molecule has 0 atom stereocenters. The molecule has 18 heavy (non-hydrogen) atoms. The summed E-state index contributed by atoms with van der Waals surface area (Å²) in [7, 11) is 0. The zero-order valence-electron chi connectivity index (χ0n) is 10.4. The maximum absolute atomic E-state index is 10.7. The molecule has 3 rings (SSSR count). The minimum atomic E-state index is -0.352. The molecule has 0 aromatic heterocycles. The van der Waals surface area contributed by atoms with Crippen LogP contribution >= 0.6 is 0 Å². The highest BCUT2D eigenvalue weighted by molar-refractivity contribution is 5.56. The van der Waals surface area contributed by atoms with Crippen LogP contribution in [0.15, 0.2) is 18.2 Å². The highest BCUT2D eigenvalue weighted by Crippen LogP contribution is 2.45. The van der Waals surface area contributed by atoms with Crippen molar-refractivity contribution >= 4 is 11.4 Å². The SMILES string of the molecule is Cc1cc([N+](=O)[O-])ccc1NC1CC2(CNC2)C1. The van der Waals surface area contributed by atoms with Gasteiger partial charge in [-0.1, -0.05) is 0 Å². The fourth-order valence-corrected chi connectivity index (χ4v) is 3.00. The number of hydrogen-bond acceptors (Lipinski definition) is 4. The van der Waals surface area contributed by atoms with Gasteiger partial charge in [-0.3, -0.25) is 10.1 Å². The highest BCUT2D eigenvalue weighted by atomic mass is 16.6. The normalized spacial score (nSPS) is 21.2. The van der Waals surface area contributed by atoms with Crippen molar-refractivity contribution < 1.29 is 4.92 Å². The Morgan fingerprint density at radius 1 is 1.44 bits per heavy atom. The first-order chi connectivity index (χ1) is 8.58. The van der Waals surface area contributed by atoms with Crippen molar-refractivity contribution in [3.8, 4) is 0 Å². The molecule has 1 aliphatic heterocycles. The van der Waals surface area contributed by atoms with Crippen molar-refractivity contribution in [2.75, 3.05) is 18.4 Å². The van der Waals surface area contributed by atoms with E-state index in [1.165, 1.54) is 12.8 Å². The zero-order valence-corrected chi connectivity index (χ0v) is 10.4. The maximum atomic E-state index is 10.7. The van der Waals surface area contributed by atoms with Crippen molar-refractivity contribution in [1.82, 2.24) is 5.32 Å². The number of non-ortho nitro benzene ring substituents is 1. The van der Waals surface area contributed by atoms with E-state index >= 15 is 0 Å². The van der Waals surface area contributed by atoms with E-state index in [0.29, 0.717) is 11.5 Å². The lowest BCUT2D eigenvalue weighted by molar-refractivity contribution is -0.384. The zero-order chi connectivity index (χ0) is 12.8. The van der Waals surface area contributed by atoms with Gasteiger partial charge < -0.3 is 10.6 Å². The van der Waals surface area contributed by atoms with E-state index in [1.54, 1.807) is 12.1 Å². The summed E-state index contributed by atoms with van der Waals surface area (Å²) in [5, 5.41) is 17.5. The van der Waals surface area contributed by atoms with Crippen LogP contribution < -0.4 is 10.6 Å². The second-order valence-corrected chi connectivity index (χ2v) is 5.61. The second-order valence-electron chi connectivity index (χ2n) is 5.61. The van der Waals surface area contributed by atoms with E-state index in [0.717, 1.165) is 24.3 Å². The molecule has 5 heteroatoms. The lowest BCUT2D eigenvalue weighted by atomic mass is 9.61. The first-order valence-electron chi connectivity index (χ1n) is 6.30. The number of anilines is 1. The predicted octanol–water partition coefficient (Wildman–Crippen LogP) is 2.07. The molecule has 1 saturated heterocycles. The molecule has 1 aromatic rings. The number of nitrogens with zero attached hydrogens (tertiary/aromatic N) is 1. The van der Waals surface area contributed by atoms with Gasteiger partial charge in [-0.2, -0.15) is 0 Å². The third-order valence-electron chi connectivity index (χ3n) is 4.14. The second kappa shape index (κ2) is 3.95. The lowest BCUT2D eigenvalue weighted by Gasteiger charge is -2.54. The molecule has 0 unspecified atom stereocenters. The van der Waals surface area contributed by atoms with Crippen LogP contribution in [0.25, 0.3) is 0 Å². The molecule has 0 amide bonds. The fourth-order valence-electron chi connectivity index (χ4n) is 3.00. The summed E-state index contributed by atoms with van der Waals surface area (Å²) in [6, 6.07) is 5.53. The first-order valence-corrected chi connectivity index (χ1v) is 6.30. The Hall–Kier alpha value is -1.62. The number of nitro benzene ring substituents is 1. The summed E-state index contributed by atoms with van der Waals surface area (Å²) in [4.78, 5) is 10.3. The van der Waals surface area contributed by atoms with Crippen LogP contribution in [-0.4, -0.2) is 24.1 Å². The fraction of sp³-hybridized carbons (Fsp3) is 0.538. The van der Waals surface area contributed by atoms with Crippen molar-refractivity contribution in [3.05, 3.63) is 33.9 Å². The molecular formula is C13H17N3O2. The summed E-state index contributed by atoms with van der Waals surface area (Å²) >= 11 is 0. The molecule has 5 nitrogen and oxygen atoms in total. The minimum Gasteiger partial charge on any atom is -0.382 e. The van der Waals surface area contributed by atoms with Crippen molar-refractivity contribution in [2.24, 2.45) is 5.41 Å². The molecule has 0 radical (unpaired) electrons. The smallest absolute Gasteiger partial charge is 0.269 e. The molecular weight excluding hydrogens is 230 g/mol. The highest BCUT2D eigenvalue weighted by Gasteiger charge is 2.48. The van der Waals surface area contributed by atoms with Gasteiger partial charge in [0.15, 0.2) is 0 Å². The van der Waals surface area contributed by atoms with Crippen molar-refractivity contribution in [3.63, 3.8) is 0 Å². The van der Waals surface area contributed by atoms with E-state index in [9.17, 15) is 10.1 Å². The Balaban J connectivity index is 1.65. The topological polar surface area (TPSA) is 67.2 Å². The quantitative estimate of drug-likeness (QED) is 0.634. The van der Waals surface area contributed by atoms with Crippen LogP contribution in [0, 0.1) is 22.5 Å². The predicted molar refractivity (Wildman–Crippen MR) is 69.8 cm³/mol. The number of rotatable bonds is 3. The van der Waals surface area contributed by atoms with Crippen LogP contribution in [0.1, 0.15) is 18.4 Å². The molecule has 1 aliphatic carbocycles. The van der Waals surface area contributed by atoms with Crippen molar-refractivity contribution in [1.29, 1.82) is 0 Å². The van der Waals surface area contributed by atoms with E-state index in [4.69, 9.17) is 0 Å². The van der Waals surface area contributed by atoms with Gasteiger partial charge in [0, 0.05) is 37.0 Å². The number of nitro groups is 1. The molecule has 2 aliphatic rings. The Labute approximate surface area is 106 Å². The summed E-state index contributed by atoms with van der Waals surface area (Å²) in [5.41, 5.74) is 2.67. The van der Waals surface area contributed by atoms with Crippen LogP contribution in [0.5, 0.6) is 0 Å². The molecule has 2 fully saturated rings. The number of hydrogen-bond donors (Lipinski definition) is 2. The molecule has 2 N–H and O–H groups in total. The number of benzene rings is 1. The Kier molecular flexibility index (Phi) is 2.52. The molecule has 1 heterocycles. The van der Waals surface area contributed by atoms with Crippen LogP contribution in [-0.2, 0) is 0 Å². The van der Waals surface area contributed by atoms with E-state index in [-0.39, 0.29) is 10.6 Å². The van der Waals surface area contributed by atoms with Gasteiger partial charge in [0.1, 0.15) is 0 Å². The molecule has 1 aromatic carbocycles. The van der Waals surface area contributed by atoms with Crippen molar-refractivity contribution in [2.45, 2.75) is 25.8 Å². The van der Waals surface area contributed by atoms with Gasteiger partial charge in [-0.05, 0) is 36.8 Å². The van der Waals surface area contributed by atoms with Gasteiger partial charge in [0.05, 0.1) is 4.92 Å². The lowest BCUT2D eigenvalue weighted by Crippen LogP contribution is -2.63. The van der Waals surface area contributed by atoms with Gasteiger partial charge in [-0.15, -0.1) is 0 Å². The number of aryl methyl sites for hydroxylation is 1. The summed E-state index contributed by atoms with van der Waals surface area (Å²) < 4.78 is 0. The van der Waals surface area contributed by atoms with E-state index < -0.39 is 0 Å². The molecule has 96 valence electrons. The van der Waals surface area contributed by atoms with E-state index in [1.807, 2.05) is 13.0 Å². The van der Waals surface area contributed by atoms with E-state index in [2.05, 4.69) is 10.6 Å². The van der Waals surface area contributed by atoms with Gasteiger partial charge in [0.2, 0.25) is 0 Å². The maximum Gasteiger partial charge on any atom is 0.269 e. The van der Waals surface area contributed by atoms with Gasteiger partial charge >= 0.3 is 0 Å². The summed E-state index contributed by atoms with van der Waals surface area (Å²) in [6.07, 6.45) is 2.41. The average Bonchev–Trinajstić information content (AvgIpc) is 2.21. The first kappa shape index (κ1) is 11.5. The molecule has 1 spiro atoms. The monoisotopic (exact) mass is 247 g/mol. The summed E-state index contributed by atoms with van der Waals surface area (Å²) in [6.45, 7) is 4.20. The Bertz CT molecular complexity index is 489. The Morgan fingerprint density at radius 2 is 2.17 bits per heavy atom. The van der Waals surface area contributed by atoms with Crippen LogP contribution in [0.3, 0.4) is 0 Å². The average molecular weight is 247 g/mol. The molecule has 1 saturated carbocycles. The van der Waals surface area contributed by atoms with Gasteiger partial charge in [0.25, 0.3) is 5.69 Å². The van der Waals surface area contributed by atoms with Crippen LogP contribution in [0.4, 0.5) is 11.4 Å². The third-order valence-corrected chi connectivity index (χ3v) is 4.14. The van der Waals surface area contributed by atoms with Gasteiger partial charge in [-0.25, -0.2) is 0 Å². The largest absolute Gasteiger partial charge is 0.382 e. The minimum absolute atomic E-state index is 0.159. The number of nitrogens with one attached hydrogen (secondary N) is 2. The molecule has 0 bridgehead atoms.